The third-order valence-electron chi connectivity index (χ3n) is 1.21. The number of rotatable bonds is 3. The first-order valence-corrected chi connectivity index (χ1v) is 3.03. The Balaban J connectivity index is 4.58. The Labute approximate surface area is 60.2 Å². The Kier molecular flexibility index (Phi) is 4.12. The Morgan fingerprint density at radius 2 is 1.20 bits per heavy atom. The van der Waals surface area contributed by atoms with E-state index in [-0.39, 0.29) is 0 Å². The van der Waals surface area contributed by atoms with Gasteiger partial charge in [0.2, 0.25) is 0 Å². The maximum absolute atomic E-state index is 10.2. The quantitative estimate of drug-likeness (QED) is 0.334. The van der Waals surface area contributed by atoms with E-state index in [1.807, 2.05) is 0 Å². The molecule has 0 aromatic carbocycles. The highest BCUT2D eigenvalue weighted by molar-refractivity contribution is 5.94. The summed E-state index contributed by atoms with van der Waals surface area (Å²) in [5, 5.41) is 0. The zero-order valence-electron chi connectivity index (χ0n) is 6.13. The van der Waals surface area contributed by atoms with Crippen molar-refractivity contribution < 1.29 is 9.59 Å². The molecule has 2 nitrogen and oxygen atoms in total. The van der Waals surface area contributed by atoms with Crippen molar-refractivity contribution in [3.05, 3.63) is 23.3 Å². The SMILES string of the molecule is C/C=C(C=O)\C(C=O)=C/C. The van der Waals surface area contributed by atoms with Crippen molar-refractivity contribution in [1.82, 2.24) is 0 Å². The molecule has 0 spiro atoms. The van der Waals surface area contributed by atoms with Gasteiger partial charge < -0.3 is 0 Å². The molecule has 0 saturated carbocycles. The number of allylic oxidation sites excluding steroid dienone is 4. The normalized spacial score (nSPS) is 13.0. The van der Waals surface area contributed by atoms with Crippen LogP contribution >= 0.6 is 0 Å². The minimum atomic E-state index is 0.442. The molecule has 0 rings (SSSR count). The number of hydrogen-bond donors (Lipinski definition) is 0. The molecule has 0 N–H and O–H groups in total. The number of carbonyl (C=O) groups excluding carboxylic acids is 2. The molecule has 54 valence electrons. The molecule has 0 aliphatic heterocycles. The van der Waals surface area contributed by atoms with E-state index in [0.717, 1.165) is 0 Å². The van der Waals surface area contributed by atoms with Crippen molar-refractivity contribution in [3.8, 4) is 0 Å². The molecule has 0 unspecified atom stereocenters. The largest absolute Gasteiger partial charge is 0.298 e. The van der Waals surface area contributed by atoms with Crippen LogP contribution in [-0.2, 0) is 9.59 Å². The lowest BCUT2D eigenvalue weighted by molar-refractivity contribution is -0.107. The van der Waals surface area contributed by atoms with Gasteiger partial charge in [0.25, 0.3) is 0 Å². The van der Waals surface area contributed by atoms with Crippen LogP contribution in [0.2, 0.25) is 0 Å². The minimum absolute atomic E-state index is 0.442. The van der Waals surface area contributed by atoms with Gasteiger partial charge in [0.15, 0.2) is 0 Å². The van der Waals surface area contributed by atoms with Crippen LogP contribution in [-0.4, -0.2) is 12.6 Å². The first-order chi connectivity index (χ1) is 4.79. The van der Waals surface area contributed by atoms with Crippen LogP contribution in [0.3, 0.4) is 0 Å². The summed E-state index contributed by atoms with van der Waals surface area (Å²) >= 11 is 0. The summed E-state index contributed by atoms with van der Waals surface area (Å²) in [6.07, 6.45) is 4.56. The topological polar surface area (TPSA) is 34.1 Å². The summed E-state index contributed by atoms with van der Waals surface area (Å²) in [4.78, 5) is 20.5. The van der Waals surface area contributed by atoms with Gasteiger partial charge in [-0.2, -0.15) is 0 Å². The zero-order chi connectivity index (χ0) is 7.98. The monoisotopic (exact) mass is 138 g/mol. The van der Waals surface area contributed by atoms with Crippen molar-refractivity contribution in [2.75, 3.05) is 0 Å². The Hall–Kier alpha value is -1.18. The van der Waals surface area contributed by atoms with Gasteiger partial charge in [0.1, 0.15) is 12.6 Å². The molecule has 0 aromatic heterocycles. The van der Waals surface area contributed by atoms with Crippen LogP contribution < -0.4 is 0 Å². The first-order valence-electron chi connectivity index (χ1n) is 3.03. The van der Waals surface area contributed by atoms with E-state index in [1.54, 1.807) is 26.0 Å². The second-order valence-corrected chi connectivity index (χ2v) is 1.72. The van der Waals surface area contributed by atoms with E-state index in [1.165, 1.54) is 0 Å². The van der Waals surface area contributed by atoms with Crippen LogP contribution in [0.15, 0.2) is 23.3 Å². The number of aldehydes is 2. The first kappa shape index (κ1) is 8.82. The van der Waals surface area contributed by atoms with Gasteiger partial charge in [0, 0.05) is 11.1 Å². The van der Waals surface area contributed by atoms with Crippen LogP contribution in [0.25, 0.3) is 0 Å². The highest BCUT2D eigenvalue weighted by Gasteiger charge is 1.97. The fraction of sp³-hybridized carbons (Fsp3) is 0.250. The van der Waals surface area contributed by atoms with Crippen LogP contribution in [0.1, 0.15) is 13.8 Å². The van der Waals surface area contributed by atoms with Crippen molar-refractivity contribution in [2.45, 2.75) is 13.8 Å². The molecule has 0 heterocycles. The van der Waals surface area contributed by atoms with Gasteiger partial charge in [-0.15, -0.1) is 0 Å². The Morgan fingerprint density at radius 3 is 1.30 bits per heavy atom. The molecular formula is C8H10O2. The predicted molar refractivity (Wildman–Crippen MR) is 39.6 cm³/mol. The van der Waals surface area contributed by atoms with Crippen LogP contribution in [0, 0.1) is 0 Å². The van der Waals surface area contributed by atoms with Crippen molar-refractivity contribution in [2.24, 2.45) is 0 Å². The summed E-state index contributed by atoms with van der Waals surface area (Å²) < 4.78 is 0. The zero-order valence-corrected chi connectivity index (χ0v) is 6.13. The van der Waals surface area contributed by atoms with E-state index in [2.05, 4.69) is 0 Å². The maximum Gasteiger partial charge on any atom is 0.150 e. The van der Waals surface area contributed by atoms with E-state index in [9.17, 15) is 9.59 Å². The highest BCUT2D eigenvalue weighted by atomic mass is 16.1. The molecule has 0 atom stereocenters. The fourth-order valence-corrected chi connectivity index (χ4v) is 0.605. The molecule has 0 amide bonds. The van der Waals surface area contributed by atoms with Crippen LogP contribution in [0.4, 0.5) is 0 Å². The lowest BCUT2D eigenvalue weighted by atomic mass is 10.1. The van der Waals surface area contributed by atoms with Crippen LogP contribution in [0.5, 0.6) is 0 Å². The Morgan fingerprint density at radius 1 is 0.900 bits per heavy atom. The molecule has 0 fully saturated rings. The average Bonchev–Trinajstić information content (AvgIpc) is 2.00. The molecular weight excluding hydrogens is 128 g/mol. The summed E-state index contributed by atoms with van der Waals surface area (Å²) in [5.41, 5.74) is 0.884. The van der Waals surface area contributed by atoms with E-state index in [0.29, 0.717) is 23.7 Å². The van der Waals surface area contributed by atoms with Gasteiger partial charge in [-0.1, -0.05) is 12.2 Å². The van der Waals surface area contributed by atoms with Crippen molar-refractivity contribution in [1.29, 1.82) is 0 Å². The molecule has 0 aliphatic rings. The summed E-state index contributed by atoms with van der Waals surface area (Å²) in [6, 6.07) is 0. The molecule has 10 heavy (non-hydrogen) atoms. The van der Waals surface area contributed by atoms with Gasteiger partial charge in [0.05, 0.1) is 0 Å². The molecule has 0 saturated heterocycles. The molecule has 0 radical (unpaired) electrons. The number of carbonyl (C=O) groups is 2. The van der Waals surface area contributed by atoms with Gasteiger partial charge in [-0.25, -0.2) is 0 Å². The van der Waals surface area contributed by atoms with Gasteiger partial charge >= 0.3 is 0 Å². The smallest absolute Gasteiger partial charge is 0.150 e. The minimum Gasteiger partial charge on any atom is -0.298 e. The van der Waals surface area contributed by atoms with Crippen molar-refractivity contribution in [3.63, 3.8) is 0 Å². The average molecular weight is 138 g/mol. The molecule has 0 bridgehead atoms. The fourth-order valence-electron chi connectivity index (χ4n) is 0.605. The predicted octanol–water partition coefficient (Wildman–Crippen LogP) is 1.28. The highest BCUT2D eigenvalue weighted by Crippen LogP contribution is 2.02. The standard InChI is InChI=1S/C8H10O2/c1-3-7(5-9)8(4-2)6-10/h3-6H,1-2H3/b7-3-,8-4-. The molecule has 0 aliphatic carbocycles. The van der Waals surface area contributed by atoms with E-state index < -0.39 is 0 Å². The second-order valence-electron chi connectivity index (χ2n) is 1.72. The van der Waals surface area contributed by atoms with E-state index >= 15 is 0 Å². The molecule has 0 aromatic rings. The summed E-state index contributed by atoms with van der Waals surface area (Å²) in [5.74, 6) is 0. The van der Waals surface area contributed by atoms with Crippen molar-refractivity contribution >= 4 is 12.6 Å². The molecule has 2 heteroatoms. The van der Waals surface area contributed by atoms with Gasteiger partial charge in [-0.3, -0.25) is 9.59 Å². The Bertz CT molecular complexity index is 165. The third kappa shape index (κ3) is 1.97. The summed E-state index contributed by atoms with van der Waals surface area (Å²) in [6.45, 7) is 3.44. The third-order valence-corrected chi connectivity index (χ3v) is 1.21. The second kappa shape index (κ2) is 4.68. The number of hydrogen-bond acceptors (Lipinski definition) is 2. The summed E-state index contributed by atoms with van der Waals surface area (Å²) in [7, 11) is 0. The maximum atomic E-state index is 10.2. The lowest BCUT2D eigenvalue weighted by Gasteiger charge is -1.92. The van der Waals surface area contributed by atoms with Gasteiger partial charge in [-0.05, 0) is 13.8 Å². The lowest BCUT2D eigenvalue weighted by Crippen LogP contribution is -1.91. The van der Waals surface area contributed by atoms with E-state index in [4.69, 9.17) is 0 Å².